The second-order valence-corrected chi connectivity index (χ2v) is 11.5. The molecule has 0 bridgehead atoms. The number of ether oxygens (including phenoxy) is 3. The maximum absolute atomic E-state index is 11.8. The minimum absolute atomic E-state index is 0.0187. The molecule has 0 aromatic heterocycles. The van der Waals surface area contributed by atoms with Crippen LogP contribution in [0, 0.1) is 0 Å². The highest BCUT2D eigenvalue weighted by Crippen LogP contribution is 2.39. The van der Waals surface area contributed by atoms with Crippen molar-refractivity contribution < 1.29 is 23.4 Å². The lowest BCUT2D eigenvalue weighted by Gasteiger charge is -2.46. The predicted molar refractivity (Wildman–Crippen MR) is 105 cm³/mol. The van der Waals surface area contributed by atoms with Crippen LogP contribution < -0.4 is 0 Å². The summed E-state index contributed by atoms with van der Waals surface area (Å²) in [5.74, 6) is -0.746. The molecule has 0 aromatic rings. The highest BCUT2D eigenvalue weighted by molar-refractivity contribution is 6.31. The molecule has 2 saturated heterocycles. The molecule has 5 nitrogen and oxygen atoms in total. The van der Waals surface area contributed by atoms with Crippen molar-refractivity contribution in [3.63, 3.8) is 0 Å². The fourth-order valence-electron chi connectivity index (χ4n) is 3.48. The summed E-state index contributed by atoms with van der Waals surface area (Å²) in [5, 5.41) is 0.273. The van der Waals surface area contributed by atoms with Crippen molar-refractivity contribution in [1.82, 2.24) is 0 Å². The number of rotatable bonds is 6. The standard InChI is InChI=1S/C20H36O5Si/c1-6-22-18(21)15(2)9-10-16-13-17(25-26-19(3,4)5)14-20(24-16)11-7-8-12-23-20/h9,16-17H,6-8,10-14,26H2,1-5H3. The van der Waals surface area contributed by atoms with Gasteiger partial charge >= 0.3 is 5.97 Å². The first-order valence-electron chi connectivity index (χ1n) is 10.0. The topological polar surface area (TPSA) is 54.0 Å². The van der Waals surface area contributed by atoms with Crippen molar-refractivity contribution in [2.75, 3.05) is 13.2 Å². The van der Waals surface area contributed by atoms with E-state index in [4.69, 9.17) is 18.6 Å². The zero-order chi connectivity index (χ0) is 19.2. The highest BCUT2D eigenvalue weighted by Gasteiger charge is 2.44. The molecule has 0 radical (unpaired) electrons. The van der Waals surface area contributed by atoms with Crippen LogP contribution in [-0.2, 0) is 23.4 Å². The molecule has 26 heavy (non-hydrogen) atoms. The molecule has 0 amide bonds. The Bertz CT molecular complexity index is 491. The van der Waals surface area contributed by atoms with Crippen molar-refractivity contribution >= 4 is 15.7 Å². The van der Waals surface area contributed by atoms with Crippen LogP contribution in [0.15, 0.2) is 11.6 Å². The molecular weight excluding hydrogens is 348 g/mol. The summed E-state index contributed by atoms with van der Waals surface area (Å²) < 4.78 is 23.9. The molecular formula is C20H36O5Si. The van der Waals surface area contributed by atoms with Crippen molar-refractivity contribution in [3.05, 3.63) is 11.6 Å². The first-order valence-corrected chi connectivity index (χ1v) is 11.3. The smallest absolute Gasteiger partial charge is 0.333 e. The SMILES string of the molecule is CCOC(=O)C(C)=CCC1CC(O[SiH2]C(C)(C)C)CC2(CCCCO2)O1. The van der Waals surface area contributed by atoms with Crippen LogP contribution in [0.2, 0.25) is 5.04 Å². The average molecular weight is 385 g/mol. The molecule has 3 unspecified atom stereocenters. The lowest BCUT2D eigenvalue weighted by molar-refractivity contribution is -0.306. The predicted octanol–water partition coefficient (Wildman–Crippen LogP) is 3.65. The lowest BCUT2D eigenvalue weighted by Crippen LogP contribution is -2.50. The van der Waals surface area contributed by atoms with Crippen LogP contribution in [0.25, 0.3) is 0 Å². The molecule has 6 heteroatoms. The van der Waals surface area contributed by atoms with Gasteiger partial charge in [-0.25, -0.2) is 4.79 Å². The molecule has 2 heterocycles. The van der Waals surface area contributed by atoms with Crippen LogP contribution in [0.4, 0.5) is 0 Å². The Morgan fingerprint density at radius 2 is 2.12 bits per heavy atom. The Morgan fingerprint density at radius 1 is 1.35 bits per heavy atom. The van der Waals surface area contributed by atoms with Gasteiger partial charge in [0.05, 0.1) is 25.4 Å². The fraction of sp³-hybridized carbons (Fsp3) is 0.850. The van der Waals surface area contributed by atoms with E-state index in [1.165, 1.54) is 0 Å². The van der Waals surface area contributed by atoms with E-state index in [1.807, 2.05) is 13.0 Å². The zero-order valence-corrected chi connectivity index (χ0v) is 18.6. The third-order valence-electron chi connectivity index (χ3n) is 4.80. The van der Waals surface area contributed by atoms with E-state index >= 15 is 0 Å². The van der Waals surface area contributed by atoms with Gasteiger partial charge in [0, 0.05) is 18.4 Å². The third kappa shape index (κ3) is 6.80. The summed E-state index contributed by atoms with van der Waals surface area (Å²) >= 11 is 0. The minimum atomic E-state index is -0.620. The van der Waals surface area contributed by atoms with E-state index in [9.17, 15) is 4.79 Å². The number of esters is 1. The minimum Gasteiger partial charge on any atom is -0.463 e. The van der Waals surface area contributed by atoms with Crippen LogP contribution in [-0.4, -0.2) is 46.9 Å². The van der Waals surface area contributed by atoms with Gasteiger partial charge < -0.3 is 18.6 Å². The number of carbonyl (C=O) groups is 1. The molecule has 1 spiro atoms. The van der Waals surface area contributed by atoms with E-state index in [-0.39, 0.29) is 23.2 Å². The van der Waals surface area contributed by atoms with E-state index in [2.05, 4.69) is 20.8 Å². The summed E-state index contributed by atoms with van der Waals surface area (Å²) in [7, 11) is -0.620. The third-order valence-corrected chi connectivity index (χ3v) is 6.30. The van der Waals surface area contributed by atoms with Crippen molar-refractivity contribution in [2.24, 2.45) is 0 Å². The van der Waals surface area contributed by atoms with E-state index in [0.29, 0.717) is 18.6 Å². The Morgan fingerprint density at radius 3 is 2.73 bits per heavy atom. The quantitative estimate of drug-likeness (QED) is 0.397. The van der Waals surface area contributed by atoms with Crippen molar-refractivity contribution in [1.29, 1.82) is 0 Å². The van der Waals surface area contributed by atoms with E-state index < -0.39 is 15.6 Å². The van der Waals surface area contributed by atoms with Crippen LogP contribution in [0.1, 0.15) is 73.1 Å². The van der Waals surface area contributed by atoms with Gasteiger partial charge in [-0.2, -0.15) is 0 Å². The Hall–Kier alpha value is -0.693. The molecule has 0 N–H and O–H groups in total. The monoisotopic (exact) mass is 384 g/mol. The number of carbonyl (C=O) groups excluding carboxylic acids is 1. The second kappa shape index (κ2) is 9.49. The molecule has 3 atom stereocenters. The molecule has 0 aliphatic carbocycles. The van der Waals surface area contributed by atoms with Gasteiger partial charge in [0.25, 0.3) is 0 Å². The highest BCUT2D eigenvalue weighted by atomic mass is 28.2. The second-order valence-electron chi connectivity index (χ2n) is 8.73. The summed E-state index contributed by atoms with van der Waals surface area (Å²) in [6.45, 7) is 11.5. The normalized spacial score (nSPS) is 30.9. The van der Waals surface area contributed by atoms with Crippen molar-refractivity contribution in [3.8, 4) is 0 Å². The van der Waals surface area contributed by atoms with Gasteiger partial charge in [0.1, 0.15) is 0 Å². The lowest BCUT2D eigenvalue weighted by atomic mass is 9.91. The molecule has 0 aromatic carbocycles. The van der Waals surface area contributed by atoms with Crippen LogP contribution in [0.3, 0.4) is 0 Å². The molecule has 150 valence electrons. The van der Waals surface area contributed by atoms with Gasteiger partial charge in [-0.15, -0.1) is 0 Å². The van der Waals surface area contributed by atoms with E-state index in [0.717, 1.165) is 38.7 Å². The van der Waals surface area contributed by atoms with Gasteiger partial charge in [0.15, 0.2) is 15.6 Å². The average Bonchev–Trinajstić information content (AvgIpc) is 2.58. The maximum Gasteiger partial charge on any atom is 0.333 e. The molecule has 2 fully saturated rings. The first kappa shape index (κ1) is 21.6. The van der Waals surface area contributed by atoms with Crippen LogP contribution in [0.5, 0.6) is 0 Å². The fourth-order valence-corrected chi connectivity index (χ4v) is 4.47. The molecule has 2 aliphatic heterocycles. The maximum atomic E-state index is 11.8. The van der Waals surface area contributed by atoms with Gasteiger partial charge in [-0.3, -0.25) is 0 Å². The van der Waals surface area contributed by atoms with Gasteiger partial charge in [-0.05, 0) is 44.6 Å². The Labute approximate surface area is 160 Å². The zero-order valence-electron chi connectivity index (χ0n) is 17.1. The van der Waals surface area contributed by atoms with Crippen LogP contribution >= 0.6 is 0 Å². The van der Waals surface area contributed by atoms with E-state index in [1.54, 1.807) is 6.92 Å². The number of hydrogen-bond donors (Lipinski definition) is 0. The summed E-state index contributed by atoms with van der Waals surface area (Å²) in [6.07, 6.45) is 7.68. The Balaban J connectivity index is 2.02. The van der Waals surface area contributed by atoms with Gasteiger partial charge in [0.2, 0.25) is 0 Å². The summed E-state index contributed by atoms with van der Waals surface area (Å²) in [4.78, 5) is 11.8. The molecule has 2 rings (SSSR count). The van der Waals surface area contributed by atoms with Gasteiger partial charge in [-0.1, -0.05) is 26.8 Å². The van der Waals surface area contributed by atoms with Crippen molar-refractivity contribution in [2.45, 2.75) is 96.2 Å². The first-order chi connectivity index (χ1) is 12.2. The largest absolute Gasteiger partial charge is 0.463 e. The molecule has 0 saturated carbocycles. The summed E-state index contributed by atoms with van der Waals surface area (Å²) in [6, 6.07) is 0. The Kier molecular flexibility index (Phi) is 7.88. The number of hydrogen-bond acceptors (Lipinski definition) is 5. The summed E-state index contributed by atoms with van der Waals surface area (Å²) in [5.41, 5.74) is 0.640. The molecule has 2 aliphatic rings.